The number of methoxy groups -OCH3 is 3. The summed E-state index contributed by atoms with van der Waals surface area (Å²) in [5.41, 5.74) is 0.701. The molecule has 1 saturated heterocycles. The lowest BCUT2D eigenvalue weighted by molar-refractivity contribution is 0.0795. The Labute approximate surface area is 128 Å². The van der Waals surface area contributed by atoms with E-state index >= 15 is 0 Å². The molecule has 0 unspecified atom stereocenters. The van der Waals surface area contributed by atoms with Crippen molar-refractivity contribution >= 4 is 16.7 Å². The monoisotopic (exact) mass is 305 g/mol. The van der Waals surface area contributed by atoms with Crippen LogP contribution in [0.3, 0.4) is 0 Å². The molecule has 1 fully saturated rings. The van der Waals surface area contributed by atoms with E-state index in [-0.39, 0.29) is 12.1 Å². The highest BCUT2D eigenvalue weighted by atomic mass is 16.5. The zero-order valence-electron chi connectivity index (χ0n) is 12.8. The molecule has 1 aromatic carbocycles. The molecule has 2 aromatic rings. The van der Waals surface area contributed by atoms with Crippen LogP contribution in [0.25, 0.3) is 10.9 Å². The van der Waals surface area contributed by atoms with Crippen molar-refractivity contribution in [2.75, 3.05) is 39.9 Å². The molecule has 7 heteroatoms. The van der Waals surface area contributed by atoms with Crippen LogP contribution in [0, 0.1) is 0 Å². The van der Waals surface area contributed by atoms with E-state index in [0.717, 1.165) is 11.2 Å². The minimum Gasteiger partial charge on any atom is -0.493 e. The number of aromatic nitrogens is 2. The third-order valence-electron chi connectivity index (χ3n) is 3.80. The molecule has 1 aromatic heterocycles. The van der Waals surface area contributed by atoms with Gasteiger partial charge in [-0.15, -0.1) is 0 Å². The maximum Gasteiger partial charge on any atom is 0.187 e. The molecule has 1 N–H and O–H groups in total. The van der Waals surface area contributed by atoms with E-state index in [1.54, 1.807) is 21.3 Å². The average molecular weight is 305 g/mol. The lowest BCUT2D eigenvalue weighted by atomic mass is 10.1. The fraction of sp³-hybridized carbons (Fsp3) is 0.467. The van der Waals surface area contributed by atoms with Crippen LogP contribution in [0.2, 0.25) is 0 Å². The van der Waals surface area contributed by atoms with Gasteiger partial charge in [-0.05, 0) is 12.1 Å². The Bertz CT molecular complexity index is 665. The average Bonchev–Trinajstić information content (AvgIpc) is 3.01. The summed E-state index contributed by atoms with van der Waals surface area (Å²) in [6, 6.07) is 3.81. The van der Waals surface area contributed by atoms with Gasteiger partial charge in [-0.25, -0.2) is 9.97 Å². The lowest BCUT2D eigenvalue weighted by Gasteiger charge is -2.19. The highest BCUT2D eigenvalue weighted by molar-refractivity contribution is 5.94. The van der Waals surface area contributed by atoms with Crippen LogP contribution >= 0.6 is 0 Å². The highest BCUT2D eigenvalue weighted by Crippen LogP contribution is 2.36. The van der Waals surface area contributed by atoms with Crippen LogP contribution in [-0.4, -0.2) is 56.7 Å². The largest absolute Gasteiger partial charge is 0.493 e. The summed E-state index contributed by atoms with van der Waals surface area (Å²) in [4.78, 5) is 8.66. The minimum atomic E-state index is 0.00478. The summed E-state index contributed by atoms with van der Waals surface area (Å²) >= 11 is 0. The highest BCUT2D eigenvalue weighted by Gasteiger charge is 2.29. The predicted molar refractivity (Wildman–Crippen MR) is 81.7 cm³/mol. The number of ether oxygens (including phenoxy) is 4. The smallest absolute Gasteiger partial charge is 0.187 e. The van der Waals surface area contributed by atoms with E-state index in [9.17, 15) is 0 Å². The molecule has 118 valence electrons. The number of rotatable bonds is 5. The molecule has 7 nitrogen and oxygen atoms in total. The molecule has 1 aliphatic rings. The second-order valence-corrected chi connectivity index (χ2v) is 4.98. The summed E-state index contributed by atoms with van der Waals surface area (Å²) in [7, 11) is 4.88. The van der Waals surface area contributed by atoms with Crippen molar-refractivity contribution in [1.29, 1.82) is 0 Å². The Morgan fingerprint density at radius 1 is 1.14 bits per heavy atom. The topological polar surface area (TPSA) is 74.7 Å². The molecule has 0 radical (unpaired) electrons. The summed E-state index contributed by atoms with van der Waals surface area (Å²) in [5, 5.41) is 4.24. The third-order valence-corrected chi connectivity index (χ3v) is 3.80. The van der Waals surface area contributed by atoms with Crippen LogP contribution in [0.4, 0.5) is 5.82 Å². The predicted octanol–water partition coefficient (Wildman–Crippen LogP) is 1.47. The van der Waals surface area contributed by atoms with Gasteiger partial charge in [0.2, 0.25) is 0 Å². The van der Waals surface area contributed by atoms with Crippen molar-refractivity contribution in [3.8, 4) is 11.5 Å². The van der Waals surface area contributed by atoms with Gasteiger partial charge < -0.3 is 24.3 Å². The van der Waals surface area contributed by atoms with Gasteiger partial charge in [-0.2, -0.15) is 0 Å². The van der Waals surface area contributed by atoms with Gasteiger partial charge in [0.15, 0.2) is 11.5 Å². The first-order valence-electron chi connectivity index (χ1n) is 7.01. The van der Waals surface area contributed by atoms with Gasteiger partial charge in [0.25, 0.3) is 0 Å². The minimum absolute atomic E-state index is 0.00478. The maximum atomic E-state index is 5.45. The van der Waals surface area contributed by atoms with E-state index in [1.165, 1.54) is 6.33 Å². The molecule has 0 bridgehead atoms. The van der Waals surface area contributed by atoms with Crippen molar-refractivity contribution in [3.05, 3.63) is 18.5 Å². The van der Waals surface area contributed by atoms with Gasteiger partial charge in [0.1, 0.15) is 23.8 Å². The molecular weight excluding hydrogens is 286 g/mol. The van der Waals surface area contributed by atoms with Gasteiger partial charge in [-0.3, -0.25) is 0 Å². The number of nitrogens with one attached hydrogen (secondary N) is 1. The molecule has 3 rings (SSSR count). The summed E-state index contributed by atoms with van der Waals surface area (Å²) in [6.07, 6.45) is 1.51. The number of hydrogen-bond acceptors (Lipinski definition) is 7. The Hall–Kier alpha value is -2.12. The number of hydrogen-bond donors (Lipinski definition) is 1. The van der Waals surface area contributed by atoms with Gasteiger partial charge in [0.05, 0.1) is 33.5 Å². The molecule has 2 heterocycles. The zero-order chi connectivity index (χ0) is 15.5. The van der Waals surface area contributed by atoms with Crippen LogP contribution in [0.1, 0.15) is 0 Å². The van der Waals surface area contributed by atoms with Gasteiger partial charge >= 0.3 is 0 Å². The molecule has 0 spiro atoms. The quantitative estimate of drug-likeness (QED) is 0.896. The molecular formula is C15H19N3O4. The Balaban J connectivity index is 2.00. The molecule has 2 atom stereocenters. The summed E-state index contributed by atoms with van der Waals surface area (Å²) in [6.45, 7) is 1.16. The van der Waals surface area contributed by atoms with Crippen molar-refractivity contribution in [1.82, 2.24) is 9.97 Å². The number of nitrogens with zero attached hydrogens (tertiary/aromatic N) is 2. The van der Waals surface area contributed by atoms with Crippen LogP contribution in [0.5, 0.6) is 11.5 Å². The fourth-order valence-corrected chi connectivity index (χ4v) is 2.64. The normalized spacial score (nSPS) is 21.0. The Morgan fingerprint density at radius 3 is 2.73 bits per heavy atom. The zero-order valence-corrected chi connectivity index (χ0v) is 12.8. The first-order chi connectivity index (χ1) is 10.8. The Morgan fingerprint density at radius 2 is 2.00 bits per heavy atom. The van der Waals surface area contributed by atoms with Crippen LogP contribution in [0.15, 0.2) is 18.5 Å². The molecule has 22 heavy (non-hydrogen) atoms. The number of benzene rings is 1. The van der Waals surface area contributed by atoms with Gasteiger partial charge in [0, 0.05) is 12.5 Å². The SMILES string of the molecule is COc1ccc2c(N[C@@H]3COC[C@H]3OC)ncnc2c1OC. The maximum absolute atomic E-state index is 5.45. The van der Waals surface area contributed by atoms with E-state index in [2.05, 4.69) is 15.3 Å². The molecule has 1 aliphatic heterocycles. The summed E-state index contributed by atoms with van der Waals surface area (Å²) < 4.78 is 21.6. The van der Waals surface area contributed by atoms with Crippen molar-refractivity contribution in [3.63, 3.8) is 0 Å². The fourth-order valence-electron chi connectivity index (χ4n) is 2.64. The first-order valence-corrected chi connectivity index (χ1v) is 7.01. The summed E-state index contributed by atoms with van der Waals surface area (Å²) in [5.74, 6) is 1.96. The van der Waals surface area contributed by atoms with Crippen molar-refractivity contribution in [2.45, 2.75) is 12.1 Å². The van der Waals surface area contributed by atoms with Crippen LogP contribution < -0.4 is 14.8 Å². The molecule has 0 amide bonds. The van der Waals surface area contributed by atoms with E-state index < -0.39 is 0 Å². The van der Waals surface area contributed by atoms with E-state index in [4.69, 9.17) is 18.9 Å². The lowest BCUT2D eigenvalue weighted by Crippen LogP contribution is -2.33. The van der Waals surface area contributed by atoms with Crippen molar-refractivity contribution < 1.29 is 18.9 Å². The van der Waals surface area contributed by atoms with Crippen molar-refractivity contribution in [2.24, 2.45) is 0 Å². The Kier molecular flexibility index (Phi) is 4.26. The molecule has 0 aliphatic carbocycles. The van der Waals surface area contributed by atoms with E-state index in [0.29, 0.717) is 30.2 Å². The first kappa shape index (κ1) is 14.8. The third kappa shape index (κ3) is 2.53. The van der Waals surface area contributed by atoms with E-state index in [1.807, 2.05) is 12.1 Å². The number of anilines is 1. The standard InChI is InChI=1S/C15H19N3O4/c1-19-11-5-4-9-13(14(11)21-3)16-8-17-15(9)18-10-6-22-7-12(10)20-2/h4-5,8,10,12H,6-7H2,1-3H3,(H,16,17,18)/t10-,12-/m1/s1. The molecule has 0 saturated carbocycles. The van der Waals surface area contributed by atoms with Crippen LogP contribution in [-0.2, 0) is 9.47 Å². The second kappa shape index (κ2) is 6.33. The van der Waals surface area contributed by atoms with Gasteiger partial charge in [-0.1, -0.05) is 0 Å². The number of fused-ring (bicyclic) bond motifs is 1. The second-order valence-electron chi connectivity index (χ2n) is 4.98.